The lowest BCUT2D eigenvalue weighted by molar-refractivity contribution is -0.143. The van der Waals surface area contributed by atoms with E-state index in [1.54, 1.807) is 7.11 Å². The second-order valence-corrected chi connectivity index (χ2v) is 9.08. The average molecular weight is 487 g/mol. The van der Waals surface area contributed by atoms with Crippen molar-refractivity contribution >= 4 is 17.6 Å². The molecule has 4 rings (SSSR count). The number of carboxylic acid groups (broad SMARTS) is 1. The molecule has 3 aromatic rings. The van der Waals surface area contributed by atoms with E-state index in [0.29, 0.717) is 30.7 Å². The van der Waals surface area contributed by atoms with E-state index >= 15 is 0 Å². The third kappa shape index (κ3) is 6.10. The first-order valence-electron chi connectivity index (χ1n) is 11.9. The molecular formula is C29H30N2O5. The van der Waals surface area contributed by atoms with Crippen LogP contribution in [0, 0.1) is 5.41 Å². The van der Waals surface area contributed by atoms with Crippen molar-refractivity contribution in [1.29, 1.82) is 0 Å². The van der Waals surface area contributed by atoms with E-state index < -0.39 is 11.4 Å². The summed E-state index contributed by atoms with van der Waals surface area (Å²) in [6, 6.07) is 23.6. The molecule has 36 heavy (non-hydrogen) atoms. The molecule has 0 aromatic heterocycles. The predicted molar refractivity (Wildman–Crippen MR) is 138 cm³/mol. The first kappa shape index (κ1) is 25.0. The van der Waals surface area contributed by atoms with Gasteiger partial charge in [-0.3, -0.25) is 9.59 Å². The number of carboxylic acids is 1. The van der Waals surface area contributed by atoms with Crippen LogP contribution in [-0.4, -0.2) is 36.4 Å². The number of hydrogen-bond donors (Lipinski definition) is 2. The zero-order chi connectivity index (χ0) is 25.5. The molecule has 3 aromatic carbocycles. The van der Waals surface area contributed by atoms with Crippen molar-refractivity contribution in [3.05, 3.63) is 89.5 Å². The number of rotatable bonds is 11. The summed E-state index contributed by atoms with van der Waals surface area (Å²) in [7, 11) is 1.56. The second kappa shape index (κ2) is 11.1. The third-order valence-corrected chi connectivity index (χ3v) is 6.46. The molecule has 7 nitrogen and oxygen atoms in total. The van der Waals surface area contributed by atoms with E-state index in [4.69, 9.17) is 9.57 Å². The Kier molecular flexibility index (Phi) is 7.68. The molecule has 186 valence electrons. The molecule has 1 amide bonds. The molecule has 0 unspecified atom stereocenters. The Morgan fingerprint density at radius 3 is 2.44 bits per heavy atom. The minimum absolute atomic E-state index is 0.222. The van der Waals surface area contributed by atoms with Gasteiger partial charge >= 0.3 is 5.97 Å². The Bertz CT molecular complexity index is 1270. The van der Waals surface area contributed by atoms with Crippen LogP contribution in [0.4, 0.5) is 0 Å². The highest BCUT2D eigenvalue weighted by Gasteiger charge is 2.49. The number of carbonyl (C=O) groups is 2. The van der Waals surface area contributed by atoms with Gasteiger partial charge in [-0.25, -0.2) is 0 Å². The number of amides is 1. The Hall–Kier alpha value is -4.13. The SMILES string of the molecule is COc1ccc(CC2(C(=O)O)CC2)cc1CNC(=O)CON=C(C)c1cccc(-c2ccccc2)c1. The topological polar surface area (TPSA) is 97.2 Å². The molecule has 1 aliphatic carbocycles. The fraction of sp³-hybridized carbons (Fsp3) is 0.276. The van der Waals surface area contributed by atoms with Crippen molar-refractivity contribution in [3.63, 3.8) is 0 Å². The monoisotopic (exact) mass is 486 g/mol. The maximum Gasteiger partial charge on any atom is 0.309 e. The van der Waals surface area contributed by atoms with Gasteiger partial charge in [0.05, 0.1) is 18.2 Å². The van der Waals surface area contributed by atoms with Gasteiger partial charge in [0, 0.05) is 12.1 Å². The number of methoxy groups -OCH3 is 1. The number of oxime groups is 1. The maximum absolute atomic E-state index is 12.4. The lowest BCUT2D eigenvalue weighted by atomic mass is 9.95. The van der Waals surface area contributed by atoms with Gasteiger partial charge in [-0.15, -0.1) is 0 Å². The summed E-state index contributed by atoms with van der Waals surface area (Å²) in [5.74, 6) is -0.443. The Morgan fingerprint density at radius 1 is 1.00 bits per heavy atom. The summed E-state index contributed by atoms with van der Waals surface area (Å²) in [5.41, 5.74) is 4.81. The first-order chi connectivity index (χ1) is 17.4. The lowest BCUT2D eigenvalue weighted by Crippen LogP contribution is -2.27. The number of benzene rings is 3. The molecular weight excluding hydrogens is 456 g/mol. The zero-order valence-corrected chi connectivity index (χ0v) is 20.5. The van der Waals surface area contributed by atoms with Crippen molar-refractivity contribution in [2.24, 2.45) is 10.6 Å². The van der Waals surface area contributed by atoms with Crippen molar-refractivity contribution in [2.45, 2.75) is 32.7 Å². The van der Waals surface area contributed by atoms with E-state index in [9.17, 15) is 14.7 Å². The Balaban J connectivity index is 1.32. The highest BCUT2D eigenvalue weighted by atomic mass is 16.6. The molecule has 0 spiro atoms. The van der Waals surface area contributed by atoms with Gasteiger partial charge in [-0.2, -0.15) is 0 Å². The summed E-state index contributed by atoms with van der Waals surface area (Å²) in [6.07, 6.45) is 1.85. The number of nitrogens with one attached hydrogen (secondary N) is 1. The smallest absolute Gasteiger partial charge is 0.309 e. The summed E-state index contributed by atoms with van der Waals surface area (Å²) in [5, 5.41) is 16.4. The van der Waals surface area contributed by atoms with E-state index in [1.165, 1.54) is 0 Å². The summed E-state index contributed by atoms with van der Waals surface area (Å²) in [6.45, 7) is 1.85. The Labute approximate surface area is 210 Å². The van der Waals surface area contributed by atoms with Crippen molar-refractivity contribution in [1.82, 2.24) is 5.32 Å². The number of aliphatic carboxylic acids is 1. The number of hydrogen-bond acceptors (Lipinski definition) is 5. The van der Waals surface area contributed by atoms with Crippen LogP contribution >= 0.6 is 0 Å². The highest BCUT2D eigenvalue weighted by Crippen LogP contribution is 2.48. The van der Waals surface area contributed by atoms with Crippen molar-refractivity contribution in [2.75, 3.05) is 13.7 Å². The van der Waals surface area contributed by atoms with Gasteiger partial charge in [0.1, 0.15) is 5.75 Å². The van der Waals surface area contributed by atoms with E-state index in [-0.39, 0.29) is 19.1 Å². The van der Waals surface area contributed by atoms with Crippen LogP contribution in [0.15, 0.2) is 78.0 Å². The van der Waals surface area contributed by atoms with E-state index in [1.807, 2.05) is 79.7 Å². The van der Waals surface area contributed by atoms with Crippen LogP contribution in [0.5, 0.6) is 5.75 Å². The molecule has 0 heterocycles. The minimum Gasteiger partial charge on any atom is -0.496 e. The van der Waals surface area contributed by atoms with Crippen LogP contribution < -0.4 is 10.1 Å². The third-order valence-electron chi connectivity index (χ3n) is 6.46. The molecule has 0 bridgehead atoms. The van der Waals surface area contributed by atoms with Crippen molar-refractivity contribution in [3.8, 4) is 16.9 Å². The molecule has 0 atom stereocenters. The van der Waals surface area contributed by atoms with Gasteiger partial charge in [-0.1, -0.05) is 65.8 Å². The largest absolute Gasteiger partial charge is 0.496 e. The van der Waals surface area contributed by atoms with E-state index in [0.717, 1.165) is 27.8 Å². The van der Waals surface area contributed by atoms with Gasteiger partial charge < -0.3 is 20.0 Å². The minimum atomic E-state index is -0.757. The van der Waals surface area contributed by atoms with Crippen LogP contribution in [-0.2, 0) is 27.4 Å². The van der Waals surface area contributed by atoms with E-state index in [2.05, 4.69) is 10.5 Å². The molecule has 1 aliphatic rings. The van der Waals surface area contributed by atoms with Gasteiger partial charge in [0.25, 0.3) is 5.91 Å². The number of nitrogens with zero attached hydrogens (tertiary/aromatic N) is 1. The fourth-order valence-corrected chi connectivity index (χ4v) is 4.13. The van der Waals surface area contributed by atoms with Gasteiger partial charge in [0.15, 0.2) is 6.61 Å². The molecule has 1 fully saturated rings. The van der Waals surface area contributed by atoms with Gasteiger partial charge in [-0.05, 0) is 60.6 Å². The van der Waals surface area contributed by atoms with Gasteiger partial charge in [0.2, 0.25) is 0 Å². The summed E-state index contributed by atoms with van der Waals surface area (Å²) in [4.78, 5) is 29.2. The molecule has 0 radical (unpaired) electrons. The number of ether oxygens (including phenoxy) is 1. The fourth-order valence-electron chi connectivity index (χ4n) is 4.13. The zero-order valence-electron chi connectivity index (χ0n) is 20.5. The molecule has 2 N–H and O–H groups in total. The number of carbonyl (C=O) groups excluding carboxylic acids is 1. The summed E-state index contributed by atoms with van der Waals surface area (Å²) < 4.78 is 5.41. The normalized spacial score (nSPS) is 14.1. The van der Waals surface area contributed by atoms with Crippen LogP contribution in [0.25, 0.3) is 11.1 Å². The van der Waals surface area contributed by atoms with Crippen molar-refractivity contribution < 1.29 is 24.3 Å². The summed E-state index contributed by atoms with van der Waals surface area (Å²) >= 11 is 0. The molecule has 0 aliphatic heterocycles. The van der Waals surface area contributed by atoms with Crippen LogP contribution in [0.1, 0.15) is 36.5 Å². The van der Waals surface area contributed by atoms with Crippen LogP contribution in [0.2, 0.25) is 0 Å². The Morgan fingerprint density at radius 2 is 1.75 bits per heavy atom. The quantitative estimate of drug-likeness (QED) is 0.299. The highest BCUT2D eigenvalue weighted by molar-refractivity contribution is 5.99. The second-order valence-electron chi connectivity index (χ2n) is 9.08. The molecule has 7 heteroatoms. The van der Waals surface area contributed by atoms with Crippen LogP contribution in [0.3, 0.4) is 0 Å². The molecule has 0 saturated heterocycles. The maximum atomic E-state index is 12.4. The predicted octanol–water partition coefficient (Wildman–Crippen LogP) is 4.83. The first-order valence-corrected chi connectivity index (χ1v) is 11.9. The average Bonchev–Trinajstić information content (AvgIpc) is 3.69. The molecule has 1 saturated carbocycles. The standard InChI is InChI=1S/C29H30N2O5/c1-20(23-9-6-10-24(16-23)22-7-4-3-5-8-22)31-36-19-27(32)30-18-25-15-21(11-12-26(25)35-2)17-29(13-14-29)28(33)34/h3-12,15-16H,13-14,17-19H2,1-2H3,(H,30,32)(H,33,34). The lowest BCUT2D eigenvalue weighted by Gasteiger charge is -2.14.